The van der Waals surface area contributed by atoms with Gasteiger partial charge in [0.25, 0.3) is 0 Å². The minimum absolute atomic E-state index is 0.0314. The van der Waals surface area contributed by atoms with Gasteiger partial charge in [-0.25, -0.2) is 13.6 Å². The number of urea groups is 1. The Bertz CT molecular complexity index is 789. The number of benzene rings is 2. The second-order valence-electron chi connectivity index (χ2n) is 5.18. The number of rotatable bonds is 4. The molecular formula is C17H14F2N2O4. The Kier molecular flexibility index (Phi) is 4.69. The summed E-state index contributed by atoms with van der Waals surface area (Å²) in [4.78, 5) is 13.8. The van der Waals surface area contributed by atoms with Gasteiger partial charge in [0.2, 0.25) is 12.7 Å². The van der Waals surface area contributed by atoms with Gasteiger partial charge in [0, 0.05) is 17.8 Å². The molecule has 0 radical (unpaired) electrons. The molecule has 0 unspecified atom stereocenters. The summed E-state index contributed by atoms with van der Waals surface area (Å²) in [5.74, 6) is -3.29. The summed E-state index contributed by atoms with van der Waals surface area (Å²) in [6.07, 6.45) is 1.28. The molecule has 3 rings (SSSR count). The molecule has 0 atom stereocenters. The maximum Gasteiger partial charge on any atom is 0.329 e. The minimum atomic E-state index is -1.18. The van der Waals surface area contributed by atoms with Crippen LogP contribution < -0.4 is 5.32 Å². The number of anilines is 1. The second kappa shape index (κ2) is 7.08. The van der Waals surface area contributed by atoms with E-state index in [-0.39, 0.29) is 24.9 Å². The molecule has 1 heterocycles. The Morgan fingerprint density at radius 3 is 2.48 bits per heavy atom. The summed E-state index contributed by atoms with van der Waals surface area (Å²) >= 11 is 0. The predicted molar refractivity (Wildman–Crippen MR) is 84.1 cm³/mol. The van der Waals surface area contributed by atoms with Crippen LogP contribution in [-0.2, 0) is 16.0 Å². The van der Waals surface area contributed by atoms with Gasteiger partial charge in [-0.15, -0.1) is 0 Å². The van der Waals surface area contributed by atoms with E-state index in [0.717, 1.165) is 17.7 Å². The maximum absolute atomic E-state index is 13.4. The van der Waals surface area contributed by atoms with Gasteiger partial charge < -0.3 is 19.9 Å². The number of carbonyl (C=O) groups excluding carboxylic acids is 1. The molecular weight excluding hydrogens is 334 g/mol. The number of phenols is 1. The number of aromatic hydroxyl groups is 1. The fourth-order valence-corrected chi connectivity index (χ4v) is 2.22. The number of hydrogen-bond donors (Lipinski definition) is 2. The normalized spacial score (nSPS) is 12.8. The van der Waals surface area contributed by atoms with Crippen LogP contribution in [0.15, 0.2) is 54.6 Å². The molecule has 2 aromatic carbocycles. The van der Waals surface area contributed by atoms with Crippen molar-refractivity contribution in [2.75, 3.05) is 12.1 Å². The molecule has 2 aromatic rings. The number of carbonyl (C=O) groups is 1. The van der Waals surface area contributed by atoms with Crippen LogP contribution in [0.25, 0.3) is 0 Å². The molecule has 2 amide bonds. The summed E-state index contributed by atoms with van der Waals surface area (Å²) in [5.41, 5.74) is 0.674. The summed E-state index contributed by atoms with van der Waals surface area (Å²) < 4.78 is 37.1. The van der Waals surface area contributed by atoms with E-state index >= 15 is 0 Å². The van der Waals surface area contributed by atoms with Crippen molar-refractivity contribution < 1.29 is 28.2 Å². The summed E-state index contributed by atoms with van der Waals surface area (Å²) in [6.45, 7) is 0.126. The largest absolute Gasteiger partial charge is 0.503 e. The Morgan fingerprint density at radius 1 is 1.20 bits per heavy atom. The molecule has 0 bridgehead atoms. The molecule has 0 fully saturated rings. The molecule has 130 valence electrons. The molecule has 2 N–H and O–H groups in total. The first-order valence-electron chi connectivity index (χ1n) is 7.29. The molecule has 1 aliphatic heterocycles. The van der Waals surface area contributed by atoms with Crippen molar-refractivity contribution in [3.63, 3.8) is 0 Å². The summed E-state index contributed by atoms with van der Waals surface area (Å²) in [6, 6.07) is 10.1. The lowest BCUT2D eigenvalue weighted by molar-refractivity contribution is 0.0554. The molecule has 0 saturated heterocycles. The van der Waals surface area contributed by atoms with Crippen LogP contribution in [0.5, 0.6) is 5.75 Å². The Balaban J connectivity index is 1.82. The van der Waals surface area contributed by atoms with Crippen LogP contribution in [-0.4, -0.2) is 22.8 Å². The van der Waals surface area contributed by atoms with E-state index in [4.69, 9.17) is 14.6 Å². The van der Waals surface area contributed by atoms with Gasteiger partial charge >= 0.3 is 6.03 Å². The quantitative estimate of drug-likeness (QED) is 0.830. The van der Waals surface area contributed by atoms with Crippen molar-refractivity contribution >= 4 is 11.7 Å². The molecule has 0 saturated carbocycles. The molecule has 6 nitrogen and oxygen atoms in total. The number of nitrogens with zero attached hydrogens (tertiary/aromatic N) is 1. The maximum atomic E-state index is 13.4. The molecule has 8 heteroatoms. The van der Waals surface area contributed by atoms with E-state index in [1.165, 1.54) is 11.2 Å². The Morgan fingerprint density at radius 2 is 1.88 bits per heavy atom. The van der Waals surface area contributed by atoms with Crippen molar-refractivity contribution in [3.05, 3.63) is 71.8 Å². The zero-order valence-electron chi connectivity index (χ0n) is 12.9. The number of halogens is 2. The number of amides is 2. The van der Waals surface area contributed by atoms with Gasteiger partial charge in [0.05, 0.1) is 6.54 Å². The average molecular weight is 348 g/mol. The molecule has 0 aliphatic carbocycles. The van der Waals surface area contributed by atoms with Crippen LogP contribution >= 0.6 is 0 Å². The van der Waals surface area contributed by atoms with Crippen LogP contribution in [0.3, 0.4) is 0 Å². The standard InChI is InChI=1S/C17H14F2N2O4/c18-13-6-12(7-14(19)16(13)22)20-17(23)21(15-9-24-10-25-15)8-11-4-2-1-3-5-11/h1-7,9,22H,8,10H2,(H,20,23). The number of phenolic OH excluding ortho intramolecular Hbond substituents is 1. The fraction of sp³-hybridized carbons (Fsp3) is 0.118. The first kappa shape index (κ1) is 16.6. The topological polar surface area (TPSA) is 71.0 Å². The smallest absolute Gasteiger partial charge is 0.329 e. The van der Waals surface area contributed by atoms with E-state index in [0.29, 0.717) is 0 Å². The first-order valence-corrected chi connectivity index (χ1v) is 7.29. The SMILES string of the molecule is O=C(Nc1cc(F)c(O)c(F)c1)N(Cc1ccccc1)C1=COCO1. The highest BCUT2D eigenvalue weighted by atomic mass is 19.1. The lowest BCUT2D eigenvalue weighted by atomic mass is 10.2. The highest BCUT2D eigenvalue weighted by Crippen LogP contribution is 2.25. The fourth-order valence-electron chi connectivity index (χ4n) is 2.22. The van der Waals surface area contributed by atoms with Crippen molar-refractivity contribution in [2.45, 2.75) is 6.54 Å². The van der Waals surface area contributed by atoms with Crippen molar-refractivity contribution in [1.82, 2.24) is 4.90 Å². The number of nitrogens with one attached hydrogen (secondary N) is 1. The zero-order chi connectivity index (χ0) is 17.8. The van der Waals surface area contributed by atoms with Crippen molar-refractivity contribution in [1.29, 1.82) is 0 Å². The van der Waals surface area contributed by atoms with Crippen LogP contribution in [0, 0.1) is 11.6 Å². The number of ether oxygens (including phenoxy) is 2. The lowest BCUT2D eigenvalue weighted by Gasteiger charge is -2.22. The lowest BCUT2D eigenvalue weighted by Crippen LogP contribution is -2.34. The third-order valence-corrected chi connectivity index (χ3v) is 3.42. The van der Waals surface area contributed by atoms with E-state index in [2.05, 4.69) is 5.32 Å². The zero-order valence-corrected chi connectivity index (χ0v) is 12.9. The van der Waals surface area contributed by atoms with Gasteiger partial charge in [-0.2, -0.15) is 0 Å². The van der Waals surface area contributed by atoms with E-state index in [1.54, 1.807) is 0 Å². The third-order valence-electron chi connectivity index (χ3n) is 3.42. The van der Waals surface area contributed by atoms with E-state index in [9.17, 15) is 13.6 Å². The molecule has 1 aliphatic rings. The van der Waals surface area contributed by atoms with Gasteiger partial charge in [0.15, 0.2) is 17.4 Å². The van der Waals surface area contributed by atoms with E-state index in [1.807, 2.05) is 30.3 Å². The summed E-state index contributed by atoms with van der Waals surface area (Å²) in [5, 5.41) is 11.5. The van der Waals surface area contributed by atoms with Crippen molar-refractivity contribution in [3.8, 4) is 5.75 Å². The minimum Gasteiger partial charge on any atom is -0.503 e. The molecule has 0 spiro atoms. The predicted octanol–water partition coefficient (Wildman–Crippen LogP) is 3.51. The second-order valence-corrected chi connectivity index (χ2v) is 5.18. The highest BCUT2D eigenvalue weighted by Gasteiger charge is 2.24. The average Bonchev–Trinajstić information content (AvgIpc) is 3.12. The van der Waals surface area contributed by atoms with Crippen LogP contribution in [0.2, 0.25) is 0 Å². The molecule has 25 heavy (non-hydrogen) atoms. The third kappa shape index (κ3) is 3.79. The van der Waals surface area contributed by atoms with E-state index < -0.39 is 23.4 Å². The van der Waals surface area contributed by atoms with Crippen LogP contribution in [0.1, 0.15) is 5.56 Å². The molecule has 0 aromatic heterocycles. The first-order chi connectivity index (χ1) is 12.0. The van der Waals surface area contributed by atoms with Gasteiger partial charge in [-0.3, -0.25) is 4.90 Å². The van der Waals surface area contributed by atoms with Crippen LogP contribution in [0.4, 0.5) is 19.3 Å². The Hall–Kier alpha value is -3.29. The van der Waals surface area contributed by atoms with Gasteiger partial charge in [-0.1, -0.05) is 30.3 Å². The summed E-state index contributed by atoms with van der Waals surface area (Å²) in [7, 11) is 0. The monoisotopic (exact) mass is 348 g/mol. The van der Waals surface area contributed by atoms with Crippen molar-refractivity contribution in [2.24, 2.45) is 0 Å². The van der Waals surface area contributed by atoms with Gasteiger partial charge in [0.1, 0.15) is 6.26 Å². The van der Waals surface area contributed by atoms with Gasteiger partial charge in [-0.05, 0) is 5.56 Å². The Labute approximate surface area is 141 Å². The number of hydrogen-bond acceptors (Lipinski definition) is 4. The highest BCUT2D eigenvalue weighted by molar-refractivity contribution is 5.90.